The van der Waals surface area contributed by atoms with E-state index in [0.717, 1.165) is 88.0 Å². The second kappa shape index (κ2) is 21.2. The Balaban J connectivity index is 0.844. The molecule has 4 heterocycles. The van der Waals surface area contributed by atoms with Crippen LogP contribution < -0.4 is 24.4 Å². The van der Waals surface area contributed by atoms with Gasteiger partial charge in [0.05, 0.1) is 40.0 Å². The van der Waals surface area contributed by atoms with Gasteiger partial charge >= 0.3 is 0 Å². The van der Waals surface area contributed by atoms with Crippen molar-refractivity contribution in [2.24, 2.45) is 11.3 Å². The van der Waals surface area contributed by atoms with E-state index in [-0.39, 0.29) is 45.8 Å². The summed E-state index contributed by atoms with van der Waals surface area (Å²) in [6.07, 6.45) is 9.66. The number of piperazine rings is 1. The lowest BCUT2D eigenvalue weighted by Crippen LogP contribution is -2.60. The number of nitro benzene ring substituents is 1. The second-order valence-corrected chi connectivity index (χ2v) is 23.5. The van der Waals surface area contributed by atoms with Crippen molar-refractivity contribution in [3.05, 3.63) is 142 Å². The molecule has 396 valence electrons. The van der Waals surface area contributed by atoms with Crippen molar-refractivity contribution < 1.29 is 37.1 Å². The number of nitrogens with one attached hydrogen (secondary N) is 3. The molecule has 2 aliphatic carbocycles. The molecule has 75 heavy (non-hydrogen) atoms. The van der Waals surface area contributed by atoms with Gasteiger partial charge in [-0.3, -0.25) is 24.7 Å². The molecule has 4 fully saturated rings. The number of rotatable bonds is 16. The summed E-state index contributed by atoms with van der Waals surface area (Å²) in [4.78, 5) is 39.8. The van der Waals surface area contributed by atoms with Crippen LogP contribution in [0.15, 0.2) is 108 Å². The minimum Gasteiger partial charge on any atom is -0.497 e. The summed E-state index contributed by atoms with van der Waals surface area (Å²) in [7, 11) is -3.04. The summed E-state index contributed by atoms with van der Waals surface area (Å²) in [5, 5.41) is 26.4. The molecular weight excluding hydrogens is 976 g/mol. The smallest absolute Gasteiger partial charge is 0.293 e. The van der Waals surface area contributed by atoms with Gasteiger partial charge in [-0.1, -0.05) is 50.2 Å². The zero-order valence-corrected chi connectivity index (χ0v) is 43.9. The van der Waals surface area contributed by atoms with Crippen LogP contribution in [0.5, 0.6) is 17.2 Å². The molecule has 1 spiro atoms. The molecule has 0 radical (unpaired) electrons. The van der Waals surface area contributed by atoms with Gasteiger partial charge < -0.3 is 29.8 Å². The van der Waals surface area contributed by atoms with E-state index in [0.29, 0.717) is 50.1 Å². The third-order valence-corrected chi connectivity index (χ3v) is 17.7. The van der Waals surface area contributed by atoms with E-state index in [1.165, 1.54) is 41.1 Å². The highest BCUT2D eigenvalue weighted by molar-refractivity contribution is 7.90. The van der Waals surface area contributed by atoms with Gasteiger partial charge in [0.15, 0.2) is 0 Å². The predicted molar refractivity (Wildman–Crippen MR) is 287 cm³/mol. The summed E-state index contributed by atoms with van der Waals surface area (Å²) >= 11 is 0. The van der Waals surface area contributed by atoms with Crippen LogP contribution >= 0.6 is 0 Å². The largest absolute Gasteiger partial charge is 0.497 e. The molecule has 4 N–H and O–H groups in total. The highest BCUT2D eigenvalue weighted by Crippen LogP contribution is 2.54. The third kappa shape index (κ3) is 11.3. The number of halogens is 1. The number of nitro groups is 1. The number of anilines is 2. The minimum atomic E-state index is -4.72. The van der Waals surface area contributed by atoms with E-state index in [1.807, 2.05) is 21.8 Å². The number of carbonyl (C=O) groups is 1. The van der Waals surface area contributed by atoms with E-state index in [2.05, 4.69) is 75.3 Å². The average molecular weight is 1040 g/mol. The van der Waals surface area contributed by atoms with Gasteiger partial charge in [-0.15, -0.1) is 0 Å². The number of nitrogens with zero attached hydrogens (tertiary/aromatic N) is 5. The molecule has 10 rings (SSSR count). The molecule has 6 aromatic rings. The number of piperidine rings is 1. The van der Waals surface area contributed by atoms with E-state index in [4.69, 9.17) is 9.47 Å². The normalized spacial score (nSPS) is 21.5. The number of methoxy groups -OCH3 is 1. The first-order chi connectivity index (χ1) is 35.9. The van der Waals surface area contributed by atoms with Crippen LogP contribution in [0.1, 0.15) is 111 Å². The monoisotopic (exact) mass is 1040 g/mol. The van der Waals surface area contributed by atoms with Crippen molar-refractivity contribution >= 4 is 44.0 Å². The maximum Gasteiger partial charge on any atom is 0.293 e. The maximum absolute atomic E-state index is 16.6. The fraction of sp³-hybridized carbons (Fsp3) is 0.439. The van der Waals surface area contributed by atoms with E-state index >= 15 is 4.39 Å². The number of fused-ring (bicyclic) bond motifs is 1. The Morgan fingerprint density at radius 2 is 1.71 bits per heavy atom. The van der Waals surface area contributed by atoms with Gasteiger partial charge in [-0.2, -0.15) is 0 Å². The van der Waals surface area contributed by atoms with E-state index in [1.54, 1.807) is 32.4 Å². The number of amides is 1. The molecule has 18 heteroatoms. The molecule has 1 atom stereocenters. The number of pyridine rings is 1. The van der Waals surface area contributed by atoms with Crippen LogP contribution in [0.4, 0.5) is 21.5 Å². The number of aliphatic hydroxyl groups is 1. The molecule has 1 amide bonds. The SMILES string of the molecule is COc1ccc(CN2CCN(C3CC4(CCN(c5cc(Oc6cnc7[nH]ccc7c6)c(C(=O)NS(=O)(=O)c6ccc(NCC7CCC(C)(O)CC7)c([N+](=O)[O-])c6)cc5F)CC4)C3)C(c3ccccc3C(C)C)C2)cc1. The molecule has 4 aromatic carbocycles. The zero-order chi connectivity index (χ0) is 52.6. The van der Waals surface area contributed by atoms with E-state index < -0.39 is 42.9 Å². The first-order valence-electron chi connectivity index (χ1n) is 26.2. The van der Waals surface area contributed by atoms with Crippen molar-refractivity contribution in [2.45, 2.75) is 107 Å². The topological polar surface area (TPSA) is 195 Å². The molecule has 2 saturated heterocycles. The highest BCUT2D eigenvalue weighted by Gasteiger charge is 2.50. The van der Waals surface area contributed by atoms with Crippen LogP contribution in [0.2, 0.25) is 0 Å². The fourth-order valence-electron chi connectivity index (χ4n) is 12.0. The molecule has 2 aliphatic heterocycles. The Morgan fingerprint density at radius 3 is 2.43 bits per heavy atom. The van der Waals surface area contributed by atoms with Crippen molar-refractivity contribution in [1.29, 1.82) is 0 Å². The summed E-state index contributed by atoms with van der Waals surface area (Å²) in [6.45, 7) is 11.6. The highest BCUT2D eigenvalue weighted by atomic mass is 32.2. The average Bonchev–Trinajstić information content (AvgIpc) is 3.87. The number of aromatic nitrogens is 2. The molecule has 4 aliphatic rings. The number of benzene rings is 4. The summed E-state index contributed by atoms with van der Waals surface area (Å²) in [5.74, 6) is -0.355. The number of carbonyl (C=O) groups excluding carboxylic acids is 1. The number of ether oxygens (including phenoxy) is 2. The summed E-state index contributed by atoms with van der Waals surface area (Å²) in [5.41, 5.74) is 3.47. The zero-order valence-electron chi connectivity index (χ0n) is 43.1. The first kappa shape index (κ1) is 51.9. The molecule has 2 aromatic heterocycles. The van der Waals surface area contributed by atoms with Gasteiger partial charge in [0.25, 0.3) is 21.6 Å². The van der Waals surface area contributed by atoms with Crippen LogP contribution in [0.3, 0.4) is 0 Å². The van der Waals surface area contributed by atoms with Gasteiger partial charge in [0.2, 0.25) is 0 Å². The molecule has 1 unspecified atom stereocenters. The van der Waals surface area contributed by atoms with Crippen molar-refractivity contribution in [3.8, 4) is 17.2 Å². The van der Waals surface area contributed by atoms with Gasteiger partial charge in [0, 0.05) is 81.6 Å². The van der Waals surface area contributed by atoms with Crippen molar-refractivity contribution in [1.82, 2.24) is 24.5 Å². The lowest BCUT2D eigenvalue weighted by molar-refractivity contribution is -0.384. The van der Waals surface area contributed by atoms with Crippen LogP contribution in [0.25, 0.3) is 11.0 Å². The first-order valence-corrected chi connectivity index (χ1v) is 27.6. The predicted octanol–water partition coefficient (Wildman–Crippen LogP) is 10.3. The lowest BCUT2D eigenvalue weighted by atomic mass is 9.59. The van der Waals surface area contributed by atoms with Crippen molar-refractivity contribution in [2.75, 3.05) is 56.6 Å². The summed E-state index contributed by atoms with van der Waals surface area (Å²) < 4.78 is 58.0. The number of aromatic amines is 1. The quantitative estimate of drug-likeness (QED) is 0.0529. The number of H-pyrrole nitrogens is 1. The van der Waals surface area contributed by atoms with E-state index in [9.17, 15) is 28.4 Å². The Labute approximate surface area is 437 Å². The number of hydrogen-bond donors (Lipinski definition) is 4. The molecule has 0 bridgehead atoms. The lowest BCUT2D eigenvalue weighted by Gasteiger charge is -2.58. The van der Waals surface area contributed by atoms with Gasteiger partial charge in [0.1, 0.15) is 34.4 Å². The maximum atomic E-state index is 16.6. The molecular formula is C57H67FN8O8S. The standard InChI is InChI=1S/C57H67FN8O8S/c1-37(2)45-7-5-6-8-46(45)52-36-63(35-39-9-11-42(73-4)12-10-39)25-26-65(52)41-31-57(32-41)20-23-64(24-21-57)50-30-53(74-43-27-40-17-22-59-54(40)61-34-43)47(29-48(50)58)55(67)62-75(71,72)44-13-14-49(51(28-44)66(69)70)60-33-38-15-18-56(3,68)19-16-38/h5-14,17,22,27-30,34,37-38,41,52,60,68H,15-16,18-21,23-26,31-33,35-36H2,1-4H3,(H,59,61)(H,62,67). The van der Waals surface area contributed by atoms with Crippen LogP contribution in [-0.4, -0.2) is 102 Å². The van der Waals surface area contributed by atoms with Crippen LogP contribution in [-0.2, 0) is 16.6 Å². The minimum absolute atomic E-state index is 0.0895. The Bertz CT molecular complexity index is 3160. The van der Waals surface area contributed by atoms with Gasteiger partial charge in [-0.05, 0) is 135 Å². The number of hydrogen-bond acceptors (Lipinski definition) is 13. The Hall–Kier alpha value is -6.60. The Morgan fingerprint density at radius 1 is 0.960 bits per heavy atom. The van der Waals surface area contributed by atoms with Crippen LogP contribution in [0, 0.1) is 27.3 Å². The fourth-order valence-corrected chi connectivity index (χ4v) is 13.0. The molecule has 2 saturated carbocycles. The Kier molecular flexibility index (Phi) is 14.7. The molecule has 16 nitrogen and oxygen atoms in total. The third-order valence-electron chi connectivity index (χ3n) is 16.4. The van der Waals surface area contributed by atoms with Gasteiger partial charge in [-0.25, -0.2) is 22.5 Å². The van der Waals surface area contributed by atoms with Crippen molar-refractivity contribution in [3.63, 3.8) is 0 Å². The summed E-state index contributed by atoms with van der Waals surface area (Å²) in [6, 6.07) is 27.2. The number of sulfonamides is 1. The second-order valence-electron chi connectivity index (χ2n) is 21.8.